The van der Waals surface area contributed by atoms with E-state index in [0.29, 0.717) is 6.04 Å². The Labute approximate surface area is 91.0 Å². The van der Waals surface area contributed by atoms with Crippen LogP contribution in [-0.4, -0.2) is 41.8 Å². The van der Waals surface area contributed by atoms with Crippen LogP contribution < -0.4 is 5.32 Å². The largest absolute Gasteiger partial charge is 0.378 e. The zero-order valence-electron chi connectivity index (χ0n) is 9.69. The van der Waals surface area contributed by atoms with Crippen LogP contribution in [0.4, 0.5) is 0 Å². The molecule has 2 rings (SSSR count). The monoisotopic (exact) mass is 212 g/mol. The maximum Gasteiger partial charge on any atom is 0.240 e. The smallest absolute Gasteiger partial charge is 0.240 e. The molecule has 4 heteroatoms. The van der Waals surface area contributed by atoms with Crippen LogP contribution in [0.1, 0.15) is 33.6 Å². The van der Waals surface area contributed by atoms with E-state index in [1.54, 1.807) is 0 Å². The predicted octanol–water partition coefficient (Wildman–Crippen LogP) is 0.720. The lowest BCUT2D eigenvalue weighted by molar-refractivity contribution is -0.134. The van der Waals surface area contributed by atoms with E-state index in [1.165, 1.54) is 0 Å². The molecule has 2 heterocycles. The lowest BCUT2D eigenvalue weighted by Gasteiger charge is -2.36. The zero-order chi connectivity index (χ0) is 11.0. The first-order valence-electron chi connectivity index (χ1n) is 5.79. The first-order chi connectivity index (χ1) is 7.09. The molecule has 0 spiro atoms. The van der Waals surface area contributed by atoms with E-state index >= 15 is 0 Å². The fourth-order valence-electron chi connectivity index (χ4n) is 2.65. The van der Waals surface area contributed by atoms with Gasteiger partial charge in [-0.05, 0) is 33.6 Å². The molecule has 2 fully saturated rings. The van der Waals surface area contributed by atoms with Gasteiger partial charge in [-0.25, -0.2) is 0 Å². The number of carbonyl (C=O) groups is 1. The van der Waals surface area contributed by atoms with Crippen molar-refractivity contribution in [1.82, 2.24) is 10.2 Å². The normalized spacial score (nSPS) is 42.3. The lowest BCUT2D eigenvalue weighted by atomic mass is 10.0. The molecule has 0 aromatic rings. The maximum absolute atomic E-state index is 11.9. The minimum Gasteiger partial charge on any atom is -0.378 e. The predicted molar refractivity (Wildman–Crippen MR) is 57.3 cm³/mol. The third kappa shape index (κ3) is 2.01. The molecule has 0 saturated carbocycles. The van der Waals surface area contributed by atoms with Crippen molar-refractivity contribution in [2.24, 2.45) is 0 Å². The minimum absolute atomic E-state index is 0.0295. The summed E-state index contributed by atoms with van der Waals surface area (Å²) in [5.74, 6) is 0.238. The van der Waals surface area contributed by atoms with Crippen LogP contribution in [0.15, 0.2) is 0 Å². The number of ether oxygens (including phenoxy) is 1. The van der Waals surface area contributed by atoms with E-state index in [2.05, 4.69) is 19.2 Å². The van der Waals surface area contributed by atoms with Crippen LogP contribution in [0.25, 0.3) is 0 Å². The Kier molecular flexibility index (Phi) is 2.98. The van der Waals surface area contributed by atoms with Crippen LogP contribution in [0.5, 0.6) is 0 Å². The molecule has 4 unspecified atom stereocenters. The number of nitrogens with one attached hydrogen (secondary N) is 1. The lowest BCUT2D eigenvalue weighted by Crippen LogP contribution is -2.47. The van der Waals surface area contributed by atoms with E-state index in [0.717, 1.165) is 19.4 Å². The summed E-state index contributed by atoms with van der Waals surface area (Å²) in [4.78, 5) is 13.9. The molecule has 0 aromatic heterocycles. The summed E-state index contributed by atoms with van der Waals surface area (Å²) >= 11 is 0. The number of nitrogens with zero attached hydrogens (tertiary/aromatic N) is 1. The molecule has 4 nitrogen and oxygen atoms in total. The van der Waals surface area contributed by atoms with Crippen molar-refractivity contribution in [3.63, 3.8) is 0 Å². The number of rotatable bonds is 1. The highest BCUT2D eigenvalue weighted by atomic mass is 16.5. The molecule has 0 bridgehead atoms. The van der Waals surface area contributed by atoms with Gasteiger partial charge in [0.1, 0.15) is 0 Å². The number of amides is 1. The molecule has 2 aliphatic rings. The van der Waals surface area contributed by atoms with E-state index < -0.39 is 0 Å². The Morgan fingerprint density at radius 1 is 1.40 bits per heavy atom. The van der Waals surface area contributed by atoms with Gasteiger partial charge < -0.3 is 9.64 Å². The van der Waals surface area contributed by atoms with Crippen molar-refractivity contribution in [3.05, 3.63) is 0 Å². The first kappa shape index (κ1) is 10.9. The standard InChI is InChI=1S/C11H20N2O2/c1-7-6-10(4-5-15-7)13-9(3)12-8(2)11(13)14/h7-10,12H,4-6H2,1-3H3. The molecule has 2 aliphatic heterocycles. The SMILES string of the molecule is CC1CC(N2C(=O)C(C)NC2C)CCO1. The Balaban J connectivity index is 2.05. The topological polar surface area (TPSA) is 41.6 Å². The highest BCUT2D eigenvalue weighted by Crippen LogP contribution is 2.24. The van der Waals surface area contributed by atoms with Gasteiger partial charge in [-0.15, -0.1) is 0 Å². The zero-order valence-corrected chi connectivity index (χ0v) is 9.69. The Morgan fingerprint density at radius 2 is 2.13 bits per heavy atom. The summed E-state index contributed by atoms with van der Waals surface area (Å²) in [6.45, 7) is 6.84. The van der Waals surface area contributed by atoms with Crippen molar-refractivity contribution in [1.29, 1.82) is 0 Å². The summed E-state index contributed by atoms with van der Waals surface area (Å²) in [7, 11) is 0. The molecule has 86 valence electrons. The van der Waals surface area contributed by atoms with Gasteiger partial charge in [0.15, 0.2) is 0 Å². The van der Waals surface area contributed by atoms with Crippen LogP contribution in [0.3, 0.4) is 0 Å². The third-order valence-corrected chi connectivity index (χ3v) is 3.38. The molecule has 0 radical (unpaired) electrons. The van der Waals surface area contributed by atoms with Gasteiger partial charge in [0, 0.05) is 12.6 Å². The van der Waals surface area contributed by atoms with Crippen LogP contribution in [-0.2, 0) is 9.53 Å². The number of hydrogen-bond acceptors (Lipinski definition) is 3. The third-order valence-electron chi connectivity index (χ3n) is 3.38. The van der Waals surface area contributed by atoms with Crippen molar-refractivity contribution < 1.29 is 9.53 Å². The average Bonchev–Trinajstić information content (AvgIpc) is 2.41. The molecular weight excluding hydrogens is 192 g/mol. The average molecular weight is 212 g/mol. The quantitative estimate of drug-likeness (QED) is 0.696. The molecule has 15 heavy (non-hydrogen) atoms. The van der Waals surface area contributed by atoms with Gasteiger partial charge >= 0.3 is 0 Å². The summed E-state index contributed by atoms with van der Waals surface area (Å²) in [6, 6.07) is 0.326. The molecule has 0 aromatic carbocycles. The van der Waals surface area contributed by atoms with Crippen LogP contribution in [0.2, 0.25) is 0 Å². The van der Waals surface area contributed by atoms with Crippen molar-refractivity contribution >= 4 is 5.91 Å². The molecule has 0 aliphatic carbocycles. The van der Waals surface area contributed by atoms with E-state index in [1.807, 2.05) is 11.8 Å². The van der Waals surface area contributed by atoms with E-state index in [-0.39, 0.29) is 24.2 Å². The maximum atomic E-state index is 11.9. The summed E-state index contributed by atoms with van der Waals surface area (Å²) in [5.41, 5.74) is 0. The summed E-state index contributed by atoms with van der Waals surface area (Å²) in [5, 5.41) is 3.26. The van der Waals surface area contributed by atoms with E-state index in [9.17, 15) is 4.79 Å². The molecule has 4 atom stereocenters. The molecule has 1 N–H and O–H groups in total. The van der Waals surface area contributed by atoms with Gasteiger partial charge in [0.25, 0.3) is 0 Å². The van der Waals surface area contributed by atoms with Crippen LogP contribution in [0, 0.1) is 0 Å². The molecule has 1 amide bonds. The Hall–Kier alpha value is -0.610. The van der Waals surface area contributed by atoms with Gasteiger partial charge in [-0.3, -0.25) is 10.1 Å². The second-order valence-electron chi connectivity index (χ2n) is 4.67. The number of carbonyl (C=O) groups excluding carboxylic acids is 1. The first-order valence-corrected chi connectivity index (χ1v) is 5.79. The fourth-order valence-corrected chi connectivity index (χ4v) is 2.65. The second-order valence-corrected chi connectivity index (χ2v) is 4.67. The van der Waals surface area contributed by atoms with Gasteiger partial charge in [0.2, 0.25) is 5.91 Å². The Morgan fingerprint density at radius 3 is 2.67 bits per heavy atom. The highest BCUT2D eigenvalue weighted by molar-refractivity contribution is 5.84. The summed E-state index contributed by atoms with van der Waals surface area (Å²) < 4.78 is 5.51. The van der Waals surface area contributed by atoms with Crippen molar-refractivity contribution in [2.45, 2.75) is 58.0 Å². The van der Waals surface area contributed by atoms with Gasteiger partial charge in [0.05, 0.1) is 18.3 Å². The van der Waals surface area contributed by atoms with Crippen molar-refractivity contribution in [2.75, 3.05) is 6.61 Å². The van der Waals surface area contributed by atoms with Crippen molar-refractivity contribution in [3.8, 4) is 0 Å². The fraction of sp³-hybridized carbons (Fsp3) is 0.909. The van der Waals surface area contributed by atoms with Crippen LogP contribution >= 0.6 is 0 Å². The highest BCUT2D eigenvalue weighted by Gasteiger charge is 2.39. The number of hydrogen-bond donors (Lipinski definition) is 1. The minimum atomic E-state index is -0.0295. The van der Waals surface area contributed by atoms with E-state index in [4.69, 9.17) is 4.74 Å². The molecule has 2 saturated heterocycles. The van der Waals surface area contributed by atoms with Gasteiger partial charge in [-0.2, -0.15) is 0 Å². The Bertz CT molecular complexity index is 257. The molecular formula is C11H20N2O2. The second kappa shape index (κ2) is 4.10. The van der Waals surface area contributed by atoms with Gasteiger partial charge in [-0.1, -0.05) is 0 Å². The summed E-state index contributed by atoms with van der Waals surface area (Å²) in [6.07, 6.45) is 2.38.